The molecule has 0 aliphatic rings. The van der Waals surface area contributed by atoms with Gasteiger partial charge in [-0.2, -0.15) is 8.42 Å². The maximum Gasteiger partial charge on any atom is 2.00 e. The van der Waals surface area contributed by atoms with Crippen molar-refractivity contribution in [2.45, 2.75) is 219 Å². The number of carbonyl (C=O) groups excluding carboxylic acids is 1. The van der Waals surface area contributed by atoms with Crippen LogP contribution in [0.5, 0.6) is 0 Å². The summed E-state index contributed by atoms with van der Waals surface area (Å²) in [5.74, 6) is -0.657. The van der Waals surface area contributed by atoms with E-state index in [2.05, 4.69) is 24.2 Å². The summed E-state index contributed by atoms with van der Waals surface area (Å²) in [5.41, 5.74) is 0. The maximum atomic E-state index is 11.6. The monoisotopic (exact) mass is 820 g/mol. The summed E-state index contributed by atoms with van der Waals surface area (Å²) in [4.78, 5) is 15.5. The van der Waals surface area contributed by atoms with Gasteiger partial charge in [-0.3, -0.25) is 9.35 Å². The van der Waals surface area contributed by atoms with E-state index in [4.69, 9.17) is 4.55 Å². The number of hydrogen-bond acceptors (Lipinski definition) is 8. The Morgan fingerprint density at radius 2 is 0.887 bits per heavy atom. The molecular formula is C40H80CaN2O8S2. The standard InChI is InChI=1S/2C20H41NO4S.Ca/c2*1-2-3-4-5-6-7-8-9-10-11-12-13-14-17-20(22)21-18-15-16-19-26(23,24)25;/h2*2-19H2,1H3,(H,21,22)(H,23,24,25);/q;;+2/p-2. The topological polar surface area (TPSA) is 176 Å². The zero-order valence-electron chi connectivity index (χ0n) is 34.2. The van der Waals surface area contributed by atoms with Gasteiger partial charge < -0.3 is 20.0 Å². The van der Waals surface area contributed by atoms with E-state index in [0.29, 0.717) is 45.2 Å². The van der Waals surface area contributed by atoms with Gasteiger partial charge in [0.1, 0.15) is 0 Å². The molecule has 0 spiro atoms. The molecule has 0 bridgehead atoms. The van der Waals surface area contributed by atoms with Crippen LogP contribution in [0.4, 0.5) is 0 Å². The second kappa shape index (κ2) is 43.1. The summed E-state index contributed by atoms with van der Waals surface area (Å²) in [6, 6.07) is 0. The van der Waals surface area contributed by atoms with Crippen LogP contribution < -0.4 is 10.4 Å². The summed E-state index contributed by atoms with van der Waals surface area (Å²) in [6.45, 7) is 5.31. The van der Waals surface area contributed by atoms with Crippen molar-refractivity contribution in [2.24, 2.45) is 4.99 Å². The first kappa shape index (κ1) is 57.3. The Morgan fingerprint density at radius 1 is 0.528 bits per heavy atom. The molecule has 1 amide bonds. The van der Waals surface area contributed by atoms with Crippen LogP contribution in [0.2, 0.25) is 0 Å². The number of carbonyl (C=O) groups is 1. The van der Waals surface area contributed by atoms with E-state index in [1.807, 2.05) is 0 Å². The van der Waals surface area contributed by atoms with Crippen LogP contribution in [0.15, 0.2) is 4.99 Å². The molecule has 53 heavy (non-hydrogen) atoms. The number of unbranched alkanes of at least 4 members (excludes halogenated alkanes) is 26. The van der Waals surface area contributed by atoms with Gasteiger partial charge in [0, 0.05) is 25.3 Å². The molecule has 0 saturated heterocycles. The normalized spacial score (nSPS) is 11.9. The molecule has 0 heterocycles. The van der Waals surface area contributed by atoms with Crippen LogP contribution in [-0.2, 0) is 25.0 Å². The fourth-order valence-electron chi connectivity index (χ4n) is 6.00. The van der Waals surface area contributed by atoms with Crippen LogP contribution in [0.25, 0.3) is 0 Å². The molecule has 0 aromatic carbocycles. The third-order valence-electron chi connectivity index (χ3n) is 9.24. The van der Waals surface area contributed by atoms with Gasteiger partial charge >= 0.3 is 37.7 Å². The van der Waals surface area contributed by atoms with Crippen LogP contribution in [0.3, 0.4) is 0 Å². The molecule has 2 N–H and O–H groups in total. The first-order chi connectivity index (χ1) is 24.9. The molecule has 0 aliphatic heterocycles. The summed E-state index contributed by atoms with van der Waals surface area (Å²) in [7, 11) is -8.01. The predicted molar refractivity (Wildman–Crippen MR) is 221 cm³/mol. The van der Waals surface area contributed by atoms with E-state index in [1.165, 1.54) is 141 Å². The Bertz CT molecular complexity index is 1030. The largest absolute Gasteiger partial charge is 2.00 e. The van der Waals surface area contributed by atoms with Crippen LogP contribution in [0.1, 0.15) is 219 Å². The van der Waals surface area contributed by atoms with Crippen LogP contribution in [-0.4, -0.2) is 100 Å². The Kier molecular flexibility index (Phi) is 46.7. The molecule has 312 valence electrons. The molecule has 0 saturated carbocycles. The number of aliphatic imine (C=N–C) groups is 1. The van der Waals surface area contributed by atoms with Gasteiger partial charge in [0.05, 0.1) is 15.9 Å². The van der Waals surface area contributed by atoms with Crippen molar-refractivity contribution in [1.82, 2.24) is 5.32 Å². The average Bonchev–Trinajstić information content (AvgIpc) is 3.08. The van der Waals surface area contributed by atoms with Crippen molar-refractivity contribution in [1.29, 1.82) is 0 Å². The molecule has 0 aromatic heterocycles. The minimum absolute atomic E-state index is 0. The fourth-order valence-corrected chi connectivity index (χ4v) is 7.12. The van der Waals surface area contributed by atoms with Crippen molar-refractivity contribution < 1.29 is 35.8 Å². The molecule has 0 rings (SSSR count). The van der Waals surface area contributed by atoms with Crippen molar-refractivity contribution in [2.75, 3.05) is 24.6 Å². The van der Waals surface area contributed by atoms with Gasteiger partial charge in [0.2, 0.25) is 5.91 Å². The maximum absolute atomic E-state index is 11.6. The van der Waals surface area contributed by atoms with Gasteiger partial charge in [-0.05, 0) is 50.8 Å². The van der Waals surface area contributed by atoms with E-state index < -0.39 is 20.2 Å². The Morgan fingerprint density at radius 3 is 1.26 bits per heavy atom. The molecule has 0 aliphatic carbocycles. The summed E-state index contributed by atoms with van der Waals surface area (Å²) >= 11 is 0. The molecule has 0 unspecified atom stereocenters. The van der Waals surface area contributed by atoms with Crippen molar-refractivity contribution in [3.05, 3.63) is 0 Å². The Balaban J connectivity index is -0.000000926. The molecule has 0 aromatic rings. The smallest absolute Gasteiger partial charge is 0.862 e. The fraction of sp³-hybridized carbons (Fsp3) is 0.950. The van der Waals surface area contributed by atoms with E-state index in [0.717, 1.165) is 25.7 Å². The van der Waals surface area contributed by atoms with Crippen LogP contribution in [0, 0.1) is 0 Å². The second-order valence-electron chi connectivity index (χ2n) is 14.6. The number of rotatable bonds is 38. The first-order valence-electron chi connectivity index (χ1n) is 21.3. The SMILES string of the molecule is CCCCCCCCCCCCCCCC(=O)NCCCCS(=O)(=O)O.CCCCCCCCCCCCCCCC([O-])=NCCCCS(=O)(=O)[O-].[Ca+2]. The van der Waals surface area contributed by atoms with Gasteiger partial charge in [0.25, 0.3) is 10.1 Å². The predicted octanol–water partition coefficient (Wildman–Crippen LogP) is 9.42. The van der Waals surface area contributed by atoms with Crippen molar-refractivity contribution in [3.63, 3.8) is 0 Å². The summed E-state index contributed by atoms with van der Waals surface area (Å²) in [5, 5.41) is 14.4. The number of nitrogens with one attached hydrogen (secondary N) is 1. The summed E-state index contributed by atoms with van der Waals surface area (Å²) in [6.07, 6.45) is 36.2. The van der Waals surface area contributed by atoms with Gasteiger partial charge in [0.15, 0.2) is 0 Å². The minimum Gasteiger partial charge on any atom is -0.862 e. The zero-order valence-corrected chi connectivity index (χ0v) is 38.1. The van der Waals surface area contributed by atoms with Crippen LogP contribution >= 0.6 is 0 Å². The molecular weight excluding hydrogens is 741 g/mol. The minimum atomic E-state index is -4.14. The van der Waals surface area contributed by atoms with Gasteiger partial charge in [-0.15, -0.1) is 0 Å². The first-order valence-corrected chi connectivity index (χ1v) is 24.5. The Hall–Kier alpha value is 0.0197. The van der Waals surface area contributed by atoms with E-state index in [9.17, 15) is 31.3 Å². The average molecular weight is 821 g/mol. The van der Waals surface area contributed by atoms with E-state index in [-0.39, 0.29) is 67.5 Å². The molecule has 0 radical (unpaired) electrons. The van der Waals surface area contributed by atoms with E-state index in [1.54, 1.807) is 0 Å². The van der Waals surface area contributed by atoms with Gasteiger partial charge in [-0.25, -0.2) is 8.42 Å². The third kappa shape index (κ3) is 56.4. The van der Waals surface area contributed by atoms with Crippen molar-refractivity contribution in [3.8, 4) is 0 Å². The second-order valence-corrected chi connectivity index (χ2v) is 17.7. The van der Waals surface area contributed by atoms with E-state index >= 15 is 0 Å². The third-order valence-corrected chi connectivity index (χ3v) is 10.8. The van der Waals surface area contributed by atoms with Crippen molar-refractivity contribution >= 4 is 69.8 Å². The quantitative estimate of drug-likeness (QED) is 0.0204. The molecule has 13 heteroatoms. The molecule has 0 atom stereocenters. The number of amides is 1. The molecule has 10 nitrogen and oxygen atoms in total. The number of nitrogens with zero attached hydrogens (tertiary/aromatic N) is 1. The summed E-state index contributed by atoms with van der Waals surface area (Å²) < 4.78 is 61.0. The number of hydrogen-bond donors (Lipinski definition) is 2. The molecule has 0 fully saturated rings. The van der Waals surface area contributed by atoms with Gasteiger partial charge in [-0.1, -0.05) is 168 Å². The Labute approximate surface area is 357 Å². The zero-order chi connectivity index (χ0) is 39.0.